The first-order valence-electron chi connectivity index (χ1n) is 5.92. The number of thiophene rings is 1. The molecule has 0 N–H and O–H groups in total. The van der Waals surface area contributed by atoms with Gasteiger partial charge < -0.3 is 0 Å². The lowest BCUT2D eigenvalue weighted by molar-refractivity contribution is 0.753. The van der Waals surface area contributed by atoms with Crippen molar-refractivity contribution in [1.82, 2.24) is 14.5 Å². The predicted molar refractivity (Wildman–Crippen MR) is 79.3 cm³/mol. The maximum atomic E-state index is 12.4. The van der Waals surface area contributed by atoms with Crippen molar-refractivity contribution in [1.29, 1.82) is 0 Å². The van der Waals surface area contributed by atoms with Crippen LogP contribution in [0.15, 0.2) is 16.5 Å². The summed E-state index contributed by atoms with van der Waals surface area (Å²) in [5.74, 6) is 0. The standard InChI is InChI=1S/C13H13N3OS2/c1-7-5-18-12-11(7)13(17)16(6-14-12)4-10-8(2)15-9(3)19-10/h5-6H,4H2,1-3H3. The van der Waals surface area contributed by atoms with E-state index in [4.69, 9.17) is 0 Å². The quantitative estimate of drug-likeness (QED) is 0.729. The van der Waals surface area contributed by atoms with Crippen LogP contribution in [0.5, 0.6) is 0 Å². The van der Waals surface area contributed by atoms with Gasteiger partial charge in [-0.3, -0.25) is 9.36 Å². The lowest BCUT2D eigenvalue weighted by Gasteiger charge is -2.04. The maximum Gasteiger partial charge on any atom is 0.262 e. The van der Waals surface area contributed by atoms with E-state index >= 15 is 0 Å². The van der Waals surface area contributed by atoms with Gasteiger partial charge in [-0.25, -0.2) is 9.97 Å². The fraction of sp³-hybridized carbons (Fsp3) is 0.308. The van der Waals surface area contributed by atoms with Crippen molar-refractivity contribution in [3.63, 3.8) is 0 Å². The molecule has 0 radical (unpaired) electrons. The van der Waals surface area contributed by atoms with Gasteiger partial charge in [-0.1, -0.05) is 0 Å². The molecule has 98 valence electrons. The van der Waals surface area contributed by atoms with Gasteiger partial charge in [0.2, 0.25) is 0 Å². The minimum absolute atomic E-state index is 0.0363. The van der Waals surface area contributed by atoms with Crippen LogP contribution in [0.4, 0.5) is 0 Å². The highest BCUT2D eigenvalue weighted by molar-refractivity contribution is 7.16. The third-order valence-electron chi connectivity index (χ3n) is 3.06. The molecule has 0 amide bonds. The van der Waals surface area contributed by atoms with E-state index in [1.807, 2.05) is 26.2 Å². The molecule has 3 aromatic rings. The zero-order chi connectivity index (χ0) is 13.6. The molecule has 6 heteroatoms. The number of nitrogens with zero attached hydrogens (tertiary/aromatic N) is 3. The molecule has 19 heavy (non-hydrogen) atoms. The Morgan fingerprint density at radius 1 is 1.32 bits per heavy atom. The van der Waals surface area contributed by atoms with E-state index in [0.29, 0.717) is 6.54 Å². The Labute approximate surface area is 118 Å². The van der Waals surface area contributed by atoms with Crippen LogP contribution in [0.25, 0.3) is 10.2 Å². The number of aromatic nitrogens is 3. The van der Waals surface area contributed by atoms with Crippen LogP contribution >= 0.6 is 22.7 Å². The number of fused-ring (bicyclic) bond motifs is 1. The molecule has 0 aliphatic heterocycles. The van der Waals surface area contributed by atoms with Crippen molar-refractivity contribution in [2.75, 3.05) is 0 Å². The van der Waals surface area contributed by atoms with Crippen molar-refractivity contribution >= 4 is 32.9 Å². The summed E-state index contributed by atoms with van der Waals surface area (Å²) >= 11 is 3.15. The smallest absolute Gasteiger partial charge is 0.262 e. The summed E-state index contributed by atoms with van der Waals surface area (Å²) in [6.45, 7) is 6.46. The molecule has 0 aromatic carbocycles. The zero-order valence-corrected chi connectivity index (χ0v) is 12.6. The first-order valence-corrected chi connectivity index (χ1v) is 7.62. The van der Waals surface area contributed by atoms with Gasteiger partial charge in [0.25, 0.3) is 5.56 Å². The molecule has 0 saturated carbocycles. The number of aryl methyl sites for hydroxylation is 3. The number of thiazole rings is 1. The summed E-state index contributed by atoms with van der Waals surface area (Å²) in [5.41, 5.74) is 2.04. The van der Waals surface area contributed by atoms with E-state index in [1.165, 1.54) is 11.3 Å². The van der Waals surface area contributed by atoms with Gasteiger partial charge in [-0.2, -0.15) is 0 Å². The first kappa shape index (κ1) is 12.5. The van der Waals surface area contributed by atoms with E-state index in [0.717, 1.165) is 31.4 Å². The monoisotopic (exact) mass is 291 g/mol. The fourth-order valence-electron chi connectivity index (χ4n) is 2.09. The Morgan fingerprint density at radius 2 is 2.11 bits per heavy atom. The molecular weight excluding hydrogens is 278 g/mol. The lowest BCUT2D eigenvalue weighted by Crippen LogP contribution is -2.20. The van der Waals surface area contributed by atoms with Crippen LogP contribution in [0.1, 0.15) is 21.1 Å². The van der Waals surface area contributed by atoms with Crippen LogP contribution in [0.2, 0.25) is 0 Å². The van der Waals surface area contributed by atoms with Crippen LogP contribution in [-0.4, -0.2) is 14.5 Å². The van der Waals surface area contributed by atoms with Crippen molar-refractivity contribution < 1.29 is 0 Å². The van der Waals surface area contributed by atoms with Crippen molar-refractivity contribution in [2.24, 2.45) is 0 Å². The summed E-state index contributed by atoms with van der Waals surface area (Å²) in [5, 5.41) is 3.75. The van der Waals surface area contributed by atoms with Gasteiger partial charge >= 0.3 is 0 Å². The van der Waals surface area contributed by atoms with E-state index in [9.17, 15) is 4.79 Å². The molecule has 0 spiro atoms. The van der Waals surface area contributed by atoms with Crippen LogP contribution in [0, 0.1) is 20.8 Å². The number of rotatable bonds is 2. The minimum atomic E-state index is 0.0363. The molecule has 0 saturated heterocycles. The Balaban J connectivity index is 2.11. The van der Waals surface area contributed by atoms with Gasteiger partial charge in [0.15, 0.2) is 0 Å². The largest absolute Gasteiger partial charge is 0.293 e. The highest BCUT2D eigenvalue weighted by atomic mass is 32.1. The Bertz CT molecular complexity index is 813. The van der Waals surface area contributed by atoms with E-state index in [-0.39, 0.29) is 5.56 Å². The zero-order valence-electron chi connectivity index (χ0n) is 10.9. The molecular formula is C13H13N3OS2. The minimum Gasteiger partial charge on any atom is -0.293 e. The second-order valence-electron chi connectivity index (χ2n) is 4.52. The summed E-state index contributed by atoms with van der Waals surface area (Å²) in [4.78, 5) is 23.1. The summed E-state index contributed by atoms with van der Waals surface area (Å²) in [7, 11) is 0. The van der Waals surface area contributed by atoms with Gasteiger partial charge in [-0.05, 0) is 31.7 Å². The normalized spacial score (nSPS) is 11.3. The second-order valence-corrected chi connectivity index (χ2v) is 6.66. The molecule has 0 fully saturated rings. The second kappa shape index (κ2) is 4.54. The fourth-order valence-corrected chi connectivity index (χ4v) is 3.91. The van der Waals surface area contributed by atoms with Gasteiger partial charge in [0.1, 0.15) is 4.83 Å². The Kier molecular flexibility index (Phi) is 2.99. The molecule has 4 nitrogen and oxygen atoms in total. The average Bonchev–Trinajstić information content (AvgIpc) is 2.87. The molecule has 3 rings (SSSR count). The predicted octanol–water partition coefficient (Wildman–Crippen LogP) is 2.89. The molecule has 0 aliphatic rings. The highest BCUT2D eigenvalue weighted by Crippen LogP contribution is 2.21. The maximum absolute atomic E-state index is 12.4. The lowest BCUT2D eigenvalue weighted by atomic mass is 10.3. The van der Waals surface area contributed by atoms with E-state index < -0.39 is 0 Å². The number of hydrogen-bond donors (Lipinski definition) is 0. The van der Waals surface area contributed by atoms with Gasteiger partial charge in [0, 0.05) is 4.88 Å². The first-order chi connectivity index (χ1) is 9.06. The SMILES string of the molecule is Cc1nc(C)c(Cn2cnc3scc(C)c3c2=O)s1. The van der Waals surface area contributed by atoms with E-state index in [2.05, 4.69) is 9.97 Å². The van der Waals surface area contributed by atoms with Crippen molar-refractivity contribution in [3.05, 3.63) is 43.2 Å². The Hall–Kier alpha value is -1.53. The highest BCUT2D eigenvalue weighted by Gasteiger charge is 2.11. The average molecular weight is 291 g/mol. The summed E-state index contributed by atoms with van der Waals surface area (Å²) in [6, 6.07) is 0. The van der Waals surface area contributed by atoms with Gasteiger partial charge in [0.05, 0.1) is 29.0 Å². The molecule has 3 heterocycles. The molecule has 0 atom stereocenters. The third kappa shape index (κ3) is 2.11. The van der Waals surface area contributed by atoms with Crippen molar-refractivity contribution in [2.45, 2.75) is 27.3 Å². The van der Waals surface area contributed by atoms with Gasteiger partial charge in [-0.15, -0.1) is 22.7 Å². The van der Waals surface area contributed by atoms with Crippen LogP contribution < -0.4 is 5.56 Å². The third-order valence-corrected chi connectivity index (χ3v) is 5.12. The van der Waals surface area contributed by atoms with E-state index in [1.54, 1.807) is 22.2 Å². The van der Waals surface area contributed by atoms with Crippen molar-refractivity contribution in [3.8, 4) is 0 Å². The van der Waals surface area contributed by atoms with Crippen LogP contribution in [0.3, 0.4) is 0 Å². The molecule has 0 bridgehead atoms. The summed E-state index contributed by atoms with van der Waals surface area (Å²) in [6.07, 6.45) is 1.63. The van der Waals surface area contributed by atoms with Crippen LogP contribution in [-0.2, 0) is 6.54 Å². The molecule has 0 aliphatic carbocycles. The Morgan fingerprint density at radius 3 is 2.79 bits per heavy atom. The topological polar surface area (TPSA) is 47.8 Å². The molecule has 0 unspecified atom stereocenters. The molecule has 3 aromatic heterocycles. The number of hydrogen-bond acceptors (Lipinski definition) is 5. The summed E-state index contributed by atoms with van der Waals surface area (Å²) < 4.78 is 1.67.